The predicted octanol–water partition coefficient (Wildman–Crippen LogP) is 3.66. The number of amides is 1. The van der Waals surface area contributed by atoms with Crippen LogP contribution >= 0.6 is 0 Å². The summed E-state index contributed by atoms with van der Waals surface area (Å²) in [6.45, 7) is 5.11. The topological polar surface area (TPSA) is 52.5 Å². The second-order valence-corrected chi connectivity index (χ2v) is 6.58. The average molecular weight is 354 g/mol. The van der Waals surface area contributed by atoms with E-state index in [9.17, 15) is 4.79 Å². The predicted molar refractivity (Wildman–Crippen MR) is 103 cm³/mol. The Morgan fingerprint density at radius 3 is 2.58 bits per heavy atom. The van der Waals surface area contributed by atoms with Gasteiger partial charge in [-0.05, 0) is 68.7 Å². The number of ether oxygens (including phenoxy) is 2. The van der Waals surface area contributed by atoms with Crippen molar-refractivity contribution in [3.63, 3.8) is 0 Å². The molecule has 1 aliphatic carbocycles. The van der Waals surface area contributed by atoms with E-state index in [1.165, 1.54) is 24.2 Å². The van der Waals surface area contributed by atoms with E-state index in [0.29, 0.717) is 19.2 Å². The van der Waals surface area contributed by atoms with Crippen LogP contribution in [0.3, 0.4) is 0 Å². The van der Waals surface area contributed by atoms with Crippen LogP contribution in [0.4, 0.5) is 0 Å². The lowest BCUT2D eigenvalue weighted by Gasteiger charge is -2.07. The molecule has 1 aromatic carbocycles. The van der Waals surface area contributed by atoms with Gasteiger partial charge in [0.25, 0.3) is 0 Å². The van der Waals surface area contributed by atoms with E-state index < -0.39 is 0 Å². The maximum atomic E-state index is 12.0. The minimum absolute atomic E-state index is 0.112. The highest BCUT2D eigenvalue weighted by atomic mass is 16.5. The first kappa shape index (κ1) is 18.1. The fourth-order valence-electron chi connectivity index (χ4n) is 3.11. The normalized spacial score (nSPS) is 13.8. The Morgan fingerprint density at radius 2 is 1.92 bits per heavy atom. The number of hydrogen-bond donors (Lipinski definition) is 1. The zero-order chi connectivity index (χ0) is 18.5. The van der Waals surface area contributed by atoms with E-state index in [1.54, 1.807) is 13.2 Å². The van der Waals surface area contributed by atoms with Crippen LogP contribution in [-0.4, -0.2) is 30.7 Å². The highest BCUT2D eigenvalue weighted by molar-refractivity contribution is 5.91. The lowest BCUT2D eigenvalue weighted by molar-refractivity contribution is -0.116. The zero-order valence-electron chi connectivity index (χ0n) is 15.6. The Hall–Kier alpha value is -2.69. The summed E-state index contributed by atoms with van der Waals surface area (Å²) in [4.78, 5) is 12.0. The van der Waals surface area contributed by atoms with E-state index in [1.807, 2.05) is 30.3 Å². The van der Waals surface area contributed by atoms with E-state index in [-0.39, 0.29) is 5.91 Å². The number of benzene rings is 1. The van der Waals surface area contributed by atoms with Crippen molar-refractivity contribution in [1.82, 2.24) is 9.88 Å². The van der Waals surface area contributed by atoms with Gasteiger partial charge in [0.1, 0.15) is 18.1 Å². The van der Waals surface area contributed by atoms with Crippen LogP contribution in [0.5, 0.6) is 11.5 Å². The molecule has 1 fully saturated rings. The van der Waals surface area contributed by atoms with E-state index >= 15 is 0 Å². The van der Waals surface area contributed by atoms with Crippen LogP contribution in [-0.2, 0) is 4.79 Å². The van der Waals surface area contributed by atoms with Crippen LogP contribution in [0.15, 0.2) is 36.4 Å². The Balaban J connectivity index is 1.44. The third kappa shape index (κ3) is 4.48. The number of methoxy groups -OCH3 is 1. The summed E-state index contributed by atoms with van der Waals surface area (Å²) in [7, 11) is 1.63. The van der Waals surface area contributed by atoms with Crippen LogP contribution in [0.2, 0.25) is 0 Å². The largest absolute Gasteiger partial charge is 0.497 e. The van der Waals surface area contributed by atoms with Gasteiger partial charge in [0, 0.05) is 23.5 Å². The number of nitrogens with zero attached hydrogens (tertiary/aromatic N) is 1. The summed E-state index contributed by atoms with van der Waals surface area (Å²) < 4.78 is 13.1. The molecule has 5 heteroatoms. The molecule has 2 aromatic rings. The quantitative estimate of drug-likeness (QED) is 0.581. The standard InChI is InChI=1S/C21H26N2O3/c1-15-14-17(16(2)23(15)18-5-6-18)4-11-21(24)22-12-13-26-20-9-7-19(25-3)8-10-20/h4,7-11,14,18H,5-6,12-13H2,1-3H3,(H,22,24)/b11-4+. The third-order valence-corrected chi connectivity index (χ3v) is 4.58. The molecule has 0 spiro atoms. The molecule has 1 N–H and O–H groups in total. The summed E-state index contributed by atoms with van der Waals surface area (Å²) in [5.74, 6) is 1.43. The van der Waals surface area contributed by atoms with Gasteiger partial charge >= 0.3 is 0 Å². The molecule has 1 saturated carbocycles. The highest BCUT2D eigenvalue weighted by Gasteiger charge is 2.26. The molecule has 3 rings (SSSR count). The summed E-state index contributed by atoms with van der Waals surface area (Å²) in [5, 5.41) is 2.84. The second kappa shape index (κ2) is 8.13. The SMILES string of the molecule is COc1ccc(OCCNC(=O)/C=C/c2cc(C)n(C3CC3)c2C)cc1. The van der Waals surface area contributed by atoms with Crippen molar-refractivity contribution in [1.29, 1.82) is 0 Å². The second-order valence-electron chi connectivity index (χ2n) is 6.58. The molecular weight excluding hydrogens is 328 g/mol. The van der Waals surface area contributed by atoms with Gasteiger partial charge in [0.2, 0.25) is 5.91 Å². The van der Waals surface area contributed by atoms with E-state index in [4.69, 9.17) is 9.47 Å². The van der Waals surface area contributed by atoms with Crippen molar-refractivity contribution >= 4 is 12.0 Å². The fourth-order valence-corrected chi connectivity index (χ4v) is 3.11. The maximum absolute atomic E-state index is 12.0. The summed E-state index contributed by atoms with van der Waals surface area (Å²) in [6.07, 6.45) is 6.00. The smallest absolute Gasteiger partial charge is 0.244 e. The van der Waals surface area contributed by atoms with Gasteiger partial charge in [0.15, 0.2) is 0 Å². The fraction of sp³-hybridized carbons (Fsp3) is 0.381. The molecule has 1 aliphatic rings. The van der Waals surface area contributed by atoms with Gasteiger partial charge in [-0.25, -0.2) is 0 Å². The van der Waals surface area contributed by atoms with Gasteiger partial charge in [0.05, 0.1) is 13.7 Å². The Bertz CT molecular complexity index is 786. The van der Waals surface area contributed by atoms with Gasteiger partial charge in [-0.2, -0.15) is 0 Å². The number of hydrogen-bond acceptors (Lipinski definition) is 3. The van der Waals surface area contributed by atoms with Crippen molar-refractivity contribution in [2.75, 3.05) is 20.3 Å². The van der Waals surface area contributed by atoms with Gasteiger partial charge in [-0.3, -0.25) is 4.79 Å². The van der Waals surface area contributed by atoms with Crippen LogP contribution in [0.25, 0.3) is 6.08 Å². The van der Waals surface area contributed by atoms with Gasteiger partial charge in [-0.1, -0.05) is 0 Å². The number of carbonyl (C=O) groups is 1. The first-order valence-corrected chi connectivity index (χ1v) is 8.99. The van der Waals surface area contributed by atoms with Crippen LogP contribution < -0.4 is 14.8 Å². The van der Waals surface area contributed by atoms with Crippen molar-refractivity contribution in [3.05, 3.63) is 53.4 Å². The molecule has 138 valence electrons. The molecule has 5 nitrogen and oxygen atoms in total. The average Bonchev–Trinajstić information content (AvgIpc) is 3.43. The molecule has 0 radical (unpaired) electrons. The number of nitrogens with one attached hydrogen (secondary N) is 1. The minimum Gasteiger partial charge on any atom is -0.497 e. The number of aryl methyl sites for hydroxylation is 1. The Kier molecular flexibility index (Phi) is 5.66. The van der Waals surface area contributed by atoms with Gasteiger partial charge in [-0.15, -0.1) is 0 Å². The van der Waals surface area contributed by atoms with Gasteiger partial charge < -0.3 is 19.4 Å². The van der Waals surface area contributed by atoms with Crippen molar-refractivity contribution < 1.29 is 14.3 Å². The number of carbonyl (C=O) groups excluding carboxylic acids is 1. The number of aromatic nitrogens is 1. The van der Waals surface area contributed by atoms with E-state index in [2.05, 4.69) is 29.8 Å². The third-order valence-electron chi connectivity index (χ3n) is 4.58. The van der Waals surface area contributed by atoms with Crippen molar-refractivity contribution in [3.8, 4) is 11.5 Å². The molecule has 0 aliphatic heterocycles. The molecular formula is C21H26N2O3. The van der Waals surface area contributed by atoms with Crippen LogP contribution in [0, 0.1) is 13.8 Å². The lowest BCUT2D eigenvalue weighted by Crippen LogP contribution is -2.26. The molecule has 0 saturated heterocycles. The van der Waals surface area contributed by atoms with Crippen LogP contribution in [0.1, 0.15) is 35.8 Å². The Labute approximate surface area is 154 Å². The minimum atomic E-state index is -0.112. The molecule has 1 aromatic heterocycles. The molecule has 1 amide bonds. The Morgan fingerprint density at radius 1 is 1.23 bits per heavy atom. The van der Waals surface area contributed by atoms with Crippen molar-refractivity contribution in [2.45, 2.75) is 32.7 Å². The zero-order valence-corrected chi connectivity index (χ0v) is 15.6. The highest BCUT2D eigenvalue weighted by Crippen LogP contribution is 2.38. The number of rotatable bonds is 8. The van der Waals surface area contributed by atoms with E-state index in [0.717, 1.165) is 17.1 Å². The first-order chi connectivity index (χ1) is 12.6. The molecule has 0 bridgehead atoms. The summed E-state index contributed by atoms with van der Waals surface area (Å²) in [5.41, 5.74) is 3.61. The maximum Gasteiger partial charge on any atom is 0.244 e. The lowest BCUT2D eigenvalue weighted by atomic mass is 10.2. The summed E-state index contributed by atoms with van der Waals surface area (Å²) in [6, 6.07) is 10.2. The molecule has 26 heavy (non-hydrogen) atoms. The monoisotopic (exact) mass is 354 g/mol. The summed E-state index contributed by atoms with van der Waals surface area (Å²) >= 11 is 0. The first-order valence-electron chi connectivity index (χ1n) is 8.99. The molecule has 0 atom stereocenters. The molecule has 0 unspecified atom stereocenters. The molecule has 1 heterocycles. The van der Waals surface area contributed by atoms with Crippen molar-refractivity contribution in [2.24, 2.45) is 0 Å².